The summed E-state index contributed by atoms with van der Waals surface area (Å²) in [6.07, 6.45) is 1.71. The van der Waals surface area contributed by atoms with E-state index in [1.165, 1.54) is 0 Å². The Labute approximate surface area is 132 Å². The number of nitrogens with zero attached hydrogens (tertiary/aromatic N) is 2. The fraction of sp³-hybridized carbons (Fsp3) is 0.667. The third kappa shape index (κ3) is 6.61. The fourth-order valence-electron chi connectivity index (χ4n) is 1.95. The Morgan fingerprint density at radius 1 is 1.19 bits per heavy atom. The lowest BCUT2D eigenvalue weighted by molar-refractivity contribution is 0.141. The highest BCUT2D eigenvalue weighted by Gasteiger charge is 2.10. The van der Waals surface area contributed by atoms with Gasteiger partial charge in [0.2, 0.25) is 0 Å². The molecule has 1 heterocycles. The van der Waals surface area contributed by atoms with Crippen molar-refractivity contribution in [2.24, 2.45) is 0 Å². The van der Waals surface area contributed by atoms with E-state index in [1.54, 1.807) is 6.20 Å². The highest BCUT2D eigenvalue weighted by molar-refractivity contribution is 6.31. The van der Waals surface area contributed by atoms with E-state index >= 15 is 0 Å². The molecule has 0 radical (unpaired) electrons. The summed E-state index contributed by atoms with van der Waals surface area (Å²) in [6.45, 7) is 9.08. The summed E-state index contributed by atoms with van der Waals surface area (Å²) in [6, 6.07) is 2.02. The first-order valence-corrected chi connectivity index (χ1v) is 7.80. The maximum atomic E-state index is 6.16. The Bertz CT molecular complexity index is 395. The Kier molecular flexibility index (Phi) is 9.34. The minimum absolute atomic E-state index is 0.675. The normalized spacial score (nSPS) is 10.9. The van der Waals surface area contributed by atoms with Crippen LogP contribution in [0.15, 0.2) is 12.3 Å². The molecule has 120 valence electrons. The van der Waals surface area contributed by atoms with Gasteiger partial charge in [-0.25, -0.2) is 4.98 Å². The van der Waals surface area contributed by atoms with Crippen LogP contribution in [-0.2, 0) is 16.0 Å². The van der Waals surface area contributed by atoms with E-state index in [-0.39, 0.29) is 0 Å². The van der Waals surface area contributed by atoms with Gasteiger partial charge >= 0.3 is 0 Å². The maximum Gasteiger partial charge on any atom is 0.129 e. The second-order valence-corrected chi connectivity index (χ2v) is 4.95. The molecule has 5 nitrogen and oxygen atoms in total. The van der Waals surface area contributed by atoms with Gasteiger partial charge in [-0.3, -0.25) is 0 Å². The Hall–Kier alpha value is -0.880. The first kappa shape index (κ1) is 18.2. The number of pyridine rings is 1. The predicted octanol–water partition coefficient (Wildman–Crippen LogP) is 2.33. The summed E-state index contributed by atoms with van der Waals surface area (Å²) in [5.41, 5.74) is 1.04. The zero-order valence-electron chi connectivity index (χ0n) is 13.2. The molecule has 0 aliphatic heterocycles. The number of halogens is 1. The topological polar surface area (TPSA) is 46.6 Å². The lowest BCUT2D eigenvalue weighted by Gasteiger charge is -2.24. The van der Waals surface area contributed by atoms with Crippen LogP contribution in [0.4, 0.5) is 5.82 Å². The van der Waals surface area contributed by atoms with Gasteiger partial charge in [-0.1, -0.05) is 11.6 Å². The minimum atomic E-state index is 0.675. The molecule has 0 bridgehead atoms. The molecule has 6 heteroatoms. The number of hydrogen-bond acceptors (Lipinski definition) is 5. The van der Waals surface area contributed by atoms with Gasteiger partial charge in [0, 0.05) is 39.0 Å². The van der Waals surface area contributed by atoms with Crippen molar-refractivity contribution in [3.05, 3.63) is 22.8 Å². The van der Waals surface area contributed by atoms with E-state index in [0.717, 1.165) is 44.2 Å². The van der Waals surface area contributed by atoms with Gasteiger partial charge in [0.25, 0.3) is 0 Å². The smallest absolute Gasteiger partial charge is 0.129 e. The fourth-order valence-corrected chi connectivity index (χ4v) is 2.12. The summed E-state index contributed by atoms with van der Waals surface area (Å²) < 4.78 is 10.9. The van der Waals surface area contributed by atoms with Crippen molar-refractivity contribution in [2.75, 3.05) is 51.5 Å². The van der Waals surface area contributed by atoms with E-state index in [1.807, 2.05) is 27.0 Å². The van der Waals surface area contributed by atoms with Crippen molar-refractivity contribution in [2.45, 2.75) is 20.4 Å². The quantitative estimate of drug-likeness (QED) is 0.635. The summed E-state index contributed by atoms with van der Waals surface area (Å²) in [5.74, 6) is 0.907. The van der Waals surface area contributed by atoms with Crippen LogP contribution in [0.1, 0.15) is 19.4 Å². The molecular formula is C15H26ClN3O2. The zero-order valence-corrected chi connectivity index (χ0v) is 13.9. The molecule has 0 atom stereocenters. The van der Waals surface area contributed by atoms with Crippen molar-refractivity contribution >= 4 is 17.4 Å². The number of nitrogens with one attached hydrogen (secondary N) is 1. The van der Waals surface area contributed by atoms with Crippen LogP contribution in [0, 0.1) is 0 Å². The van der Waals surface area contributed by atoms with E-state index < -0.39 is 0 Å². The third-order valence-corrected chi connectivity index (χ3v) is 3.37. The Balaban J connectivity index is 2.76. The van der Waals surface area contributed by atoms with E-state index in [2.05, 4.69) is 15.2 Å². The average molecular weight is 316 g/mol. The molecule has 21 heavy (non-hydrogen) atoms. The van der Waals surface area contributed by atoms with Gasteiger partial charge in [-0.15, -0.1) is 0 Å². The highest BCUT2D eigenvalue weighted by atomic mass is 35.5. The molecule has 0 spiro atoms. The van der Waals surface area contributed by atoms with Gasteiger partial charge < -0.3 is 19.7 Å². The van der Waals surface area contributed by atoms with Crippen LogP contribution in [0.25, 0.3) is 0 Å². The highest BCUT2D eigenvalue weighted by Crippen LogP contribution is 2.20. The molecule has 0 aliphatic carbocycles. The molecule has 1 aromatic rings. The predicted molar refractivity (Wildman–Crippen MR) is 87.2 cm³/mol. The van der Waals surface area contributed by atoms with E-state index in [0.29, 0.717) is 18.2 Å². The Morgan fingerprint density at radius 3 is 2.33 bits per heavy atom. The third-order valence-electron chi connectivity index (χ3n) is 3.03. The van der Waals surface area contributed by atoms with E-state index in [9.17, 15) is 0 Å². The second kappa shape index (κ2) is 10.8. The molecular weight excluding hydrogens is 290 g/mol. The minimum Gasteiger partial charge on any atom is -0.380 e. The molecule has 0 fully saturated rings. The van der Waals surface area contributed by atoms with Crippen LogP contribution in [0.3, 0.4) is 0 Å². The van der Waals surface area contributed by atoms with Crippen LogP contribution in [0.2, 0.25) is 5.02 Å². The Morgan fingerprint density at radius 2 is 1.81 bits per heavy atom. The summed E-state index contributed by atoms with van der Waals surface area (Å²) in [5, 5.41) is 3.80. The van der Waals surface area contributed by atoms with Crippen molar-refractivity contribution in [3.8, 4) is 0 Å². The molecule has 1 N–H and O–H groups in total. The van der Waals surface area contributed by atoms with Gasteiger partial charge in [0.05, 0.1) is 18.2 Å². The molecule has 1 rings (SSSR count). The summed E-state index contributed by atoms with van der Waals surface area (Å²) >= 11 is 6.16. The monoisotopic (exact) mass is 315 g/mol. The lowest BCUT2D eigenvalue weighted by Crippen LogP contribution is -2.32. The van der Waals surface area contributed by atoms with Crippen LogP contribution >= 0.6 is 11.6 Å². The molecule has 0 aliphatic rings. The van der Waals surface area contributed by atoms with Crippen LogP contribution in [-0.4, -0.2) is 51.5 Å². The standard InChI is InChI=1S/C15H26ClN3O2/c1-4-20-8-6-19(7-9-21-5-2)15-10-13(11-17-3)14(16)12-18-15/h10,12,17H,4-9,11H2,1-3H3. The number of hydrogen-bond donors (Lipinski definition) is 1. The van der Waals surface area contributed by atoms with Crippen molar-refractivity contribution < 1.29 is 9.47 Å². The first-order chi connectivity index (χ1) is 10.2. The lowest BCUT2D eigenvalue weighted by atomic mass is 10.2. The van der Waals surface area contributed by atoms with Crippen molar-refractivity contribution in [1.29, 1.82) is 0 Å². The zero-order chi connectivity index (χ0) is 15.5. The summed E-state index contributed by atoms with van der Waals surface area (Å²) in [4.78, 5) is 6.60. The van der Waals surface area contributed by atoms with Gasteiger partial charge in [0.1, 0.15) is 5.82 Å². The van der Waals surface area contributed by atoms with Gasteiger partial charge in [-0.05, 0) is 32.5 Å². The van der Waals surface area contributed by atoms with Crippen LogP contribution < -0.4 is 10.2 Å². The number of ether oxygens (including phenoxy) is 2. The molecule has 0 unspecified atom stereocenters. The van der Waals surface area contributed by atoms with Crippen LogP contribution in [0.5, 0.6) is 0 Å². The van der Waals surface area contributed by atoms with Crippen molar-refractivity contribution in [3.63, 3.8) is 0 Å². The SMILES string of the molecule is CCOCCN(CCOCC)c1cc(CNC)c(Cl)cn1. The first-order valence-electron chi connectivity index (χ1n) is 7.42. The molecule has 0 saturated heterocycles. The maximum absolute atomic E-state index is 6.16. The summed E-state index contributed by atoms with van der Waals surface area (Å²) in [7, 11) is 1.90. The second-order valence-electron chi connectivity index (χ2n) is 4.55. The van der Waals surface area contributed by atoms with Gasteiger partial charge in [0.15, 0.2) is 0 Å². The average Bonchev–Trinajstić information content (AvgIpc) is 2.49. The molecule has 0 saturated carbocycles. The number of aromatic nitrogens is 1. The van der Waals surface area contributed by atoms with E-state index in [4.69, 9.17) is 21.1 Å². The molecule has 0 aromatic carbocycles. The molecule has 1 aromatic heterocycles. The molecule has 0 amide bonds. The van der Waals surface area contributed by atoms with Gasteiger partial charge in [-0.2, -0.15) is 0 Å². The van der Waals surface area contributed by atoms with Crippen molar-refractivity contribution in [1.82, 2.24) is 10.3 Å². The number of anilines is 1. The largest absolute Gasteiger partial charge is 0.380 e. The number of rotatable bonds is 11.